The van der Waals surface area contributed by atoms with Gasteiger partial charge in [0.2, 0.25) is 11.8 Å². The predicted molar refractivity (Wildman–Crippen MR) is 116 cm³/mol. The Morgan fingerprint density at radius 1 is 1.33 bits per heavy atom. The highest BCUT2D eigenvalue weighted by atomic mass is 32.2. The first-order chi connectivity index (χ1) is 14.3. The van der Waals surface area contributed by atoms with Crippen LogP contribution in [0.4, 0.5) is 0 Å². The van der Waals surface area contributed by atoms with Gasteiger partial charge < -0.3 is 20.0 Å². The SMILES string of the molecule is C=CCN(CCCC)C(=O)C1N(CCCCO)C(=O)[C@@H]2[C@@H](C(=O)O)[C@@]3(C)CCC12S3. The Hall–Kier alpha value is -1.54. The van der Waals surface area contributed by atoms with Crippen LogP contribution in [0.3, 0.4) is 0 Å². The van der Waals surface area contributed by atoms with E-state index in [0.717, 1.165) is 12.8 Å². The summed E-state index contributed by atoms with van der Waals surface area (Å²) in [6.45, 7) is 9.20. The molecule has 168 valence electrons. The summed E-state index contributed by atoms with van der Waals surface area (Å²) < 4.78 is -1.20. The van der Waals surface area contributed by atoms with E-state index in [1.807, 2.05) is 6.92 Å². The predicted octanol–water partition coefficient (Wildman–Crippen LogP) is 2.14. The first kappa shape index (κ1) is 23.1. The average molecular weight is 439 g/mol. The van der Waals surface area contributed by atoms with E-state index in [4.69, 9.17) is 0 Å². The molecule has 0 radical (unpaired) electrons. The van der Waals surface area contributed by atoms with Crippen molar-refractivity contribution in [3.63, 3.8) is 0 Å². The molecule has 0 aromatic carbocycles. The Morgan fingerprint density at radius 3 is 2.67 bits per heavy atom. The van der Waals surface area contributed by atoms with Gasteiger partial charge in [0, 0.05) is 31.0 Å². The normalized spacial score (nSPS) is 34.3. The van der Waals surface area contributed by atoms with Crippen LogP contribution in [0.5, 0.6) is 0 Å². The fourth-order valence-corrected chi connectivity index (χ4v) is 8.03. The van der Waals surface area contributed by atoms with Crippen LogP contribution in [-0.4, -0.2) is 79.6 Å². The molecule has 7 nitrogen and oxygen atoms in total. The lowest BCUT2D eigenvalue weighted by Gasteiger charge is -2.37. The molecule has 30 heavy (non-hydrogen) atoms. The zero-order chi connectivity index (χ0) is 22.1. The largest absolute Gasteiger partial charge is 0.481 e. The highest BCUT2D eigenvalue weighted by molar-refractivity contribution is 8.02. The second kappa shape index (κ2) is 8.91. The Morgan fingerprint density at radius 2 is 2.07 bits per heavy atom. The number of carboxylic acids is 1. The molecule has 0 saturated carbocycles. The van der Waals surface area contributed by atoms with E-state index in [2.05, 4.69) is 13.5 Å². The number of aliphatic hydroxyl groups excluding tert-OH is 1. The number of carbonyl (C=O) groups excluding carboxylic acids is 2. The summed E-state index contributed by atoms with van der Waals surface area (Å²) in [5, 5.41) is 19.1. The number of likely N-dealkylation sites (tertiary alicyclic amines) is 1. The summed E-state index contributed by atoms with van der Waals surface area (Å²) in [5.41, 5.74) is 0. The van der Waals surface area contributed by atoms with Crippen molar-refractivity contribution in [3.05, 3.63) is 12.7 Å². The van der Waals surface area contributed by atoms with E-state index in [1.54, 1.807) is 27.6 Å². The minimum Gasteiger partial charge on any atom is -0.481 e. The lowest BCUT2D eigenvalue weighted by molar-refractivity contribution is -0.150. The first-order valence-electron chi connectivity index (χ1n) is 11.0. The number of amides is 2. The molecular formula is C22H34N2O5S. The second-order valence-corrected chi connectivity index (χ2v) is 10.9. The number of rotatable bonds is 11. The highest BCUT2D eigenvalue weighted by Gasteiger charge is 2.77. The van der Waals surface area contributed by atoms with Crippen LogP contribution in [0.25, 0.3) is 0 Å². The molecule has 0 aromatic rings. The van der Waals surface area contributed by atoms with Crippen LogP contribution in [0.1, 0.15) is 52.4 Å². The average Bonchev–Trinajstić information content (AvgIpc) is 3.26. The molecule has 2 amide bonds. The number of hydrogen-bond donors (Lipinski definition) is 2. The lowest BCUT2D eigenvalue weighted by Crippen LogP contribution is -2.55. The number of aliphatic carboxylic acids is 1. The van der Waals surface area contributed by atoms with Gasteiger partial charge in [-0.1, -0.05) is 19.4 Å². The number of nitrogens with zero attached hydrogens (tertiary/aromatic N) is 2. The van der Waals surface area contributed by atoms with Crippen LogP contribution < -0.4 is 0 Å². The van der Waals surface area contributed by atoms with Gasteiger partial charge in [-0.2, -0.15) is 0 Å². The number of carbonyl (C=O) groups is 3. The van der Waals surface area contributed by atoms with Crippen LogP contribution in [0.15, 0.2) is 12.7 Å². The minimum atomic E-state index is -0.942. The van der Waals surface area contributed by atoms with Gasteiger partial charge in [-0.25, -0.2) is 0 Å². The number of fused-ring (bicyclic) bond motifs is 1. The maximum Gasteiger partial charge on any atom is 0.308 e. The van der Waals surface area contributed by atoms with Gasteiger partial charge in [0.05, 0.1) is 16.6 Å². The zero-order valence-corrected chi connectivity index (χ0v) is 18.8. The van der Waals surface area contributed by atoms with E-state index in [9.17, 15) is 24.6 Å². The molecule has 3 heterocycles. The van der Waals surface area contributed by atoms with Crippen molar-refractivity contribution in [2.24, 2.45) is 11.8 Å². The Balaban J connectivity index is 2.00. The fraction of sp³-hybridized carbons (Fsp3) is 0.773. The third kappa shape index (κ3) is 3.55. The van der Waals surface area contributed by atoms with Gasteiger partial charge in [0.1, 0.15) is 6.04 Å². The van der Waals surface area contributed by atoms with Crippen molar-refractivity contribution < 1.29 is 24.6 Å². The summed E-state index contributed by atoms with van der Waals surface area (Å²) in [6.07, 6.45) is 6.03. The summed E-state index contributed by atoms with van der Waals surface area (Å²) in [7, 11) is 0. The number of unbranched alkanes of at least 4 members (excludes halogenated alkanes) is 2. The monoisotopic (exact) mass is 438 g/mol. The molecule has 2 bridgehead atoms. The molecule has 3 rings (SSSR count). The van der Waals surface area contributed by atoms with Crippen LogP contribution in [0.2, 0.25) is 0 Å². The van der Waals surface area contributed by atoms with Crippen LogP contribution in [-0.2, 0) is 14.4 Å². The van der Waals surface area contributed by atoms with Crippen molar-refractivity contribution in [2.75, 3.05) is 26.2 Å². The standard InChI is InChI=1S/C22H34N2O5S/c1-4-6-12-23(11-5-2)19(27)17-22-10-9-21(3,30-22)16(20(28)29)15(22)18(26)24(17)13-7-8-14-25/h5,15-17,25H,2,4,6-14H2,1,3H3,(H,28,29)/t15-,16-,17?,21+,22?/m0/s1. The number of carboxylic acid groups (broad SMARTS) is 1. The van der Waals surface area contributed by atoms with Crippen molar-refractivity contribution in [1.82, 2.24) is 9.80 Å². The van der Waals surface area contributed by atoms with Gasteiger partial charge in [0.15, 0.2) is 0 Å². The van der Waals surface area contributed by atoms with Gasteiger partial charge >= 0.3 is 5.97 Å². The molecular weight excluding hydrogens is 404 g/mol. The number of thioether (sulfide) groups is 1. The number of aliphatic hydroxyl groups is 1. The van der Waals surface area contributed by atoms with Crippen LogP contribution >= 0.6 is 11.8 Å². The molecule has 8 heteroatoms. The fourth-order valence-electron chi connectivity index (χ4n) is 5.68. The minimum absolute atomic E-state index is 0.0267. The highest BCUT2D eigenvalue weighted by Crippen LogP contribution is 2.71. The van der Waals surface area contributed by atoms with Crippen LogP contribution in [0, 0.1) is 11.8 Å². The summed E-state index contributed by atoms with van der Waals surface area (Å²) in [6, 6.07) is -0.651. The maximum absolute atomic E-state index is 13.8. The van der Waals surface area contributed by atoms with E-state index in [-0.39, 0.29) is 18.4 Å². The molecule has 2 N–H and O–H groups in total. The molecule has 0 aliphatic carbocycles. The van der Waals surface area contributed by atoms with Crippen molar-refractivity contribution in [3.8, 4) is 0 Å². The quantitative estimate of drug-likeness (QED) is 0.379. The molecule has 5 atom stereocenters. The van der Waals surface area contributed by atoms with Gasteiger partial charge in [0.25, 0.3) is 0 Å². The zero-order valence-electron chi connectivity index (χ0n) is 18.0. The van der Waals surface area contributed by atoms with Gasteiger partial charge in [-0.15, -0.1) is 18.3 Å². The van der Waals surface area contributed by atoms with E-state index >= 15 is 0 Å². The molecule has 1 spiro atoms. The van der Waals surface area contributed by atoms with Gasteiger partial charge in [-0.3, -0.25) is 14.4 Å². The Kier molecular flexibility index (Phi) is 6.87. The Labute approximate surface area is 182 Å². The Bertz CT molecular complexity index is 716. The van der Waals surface area contributed by atoms with E-state index in [0.29, 0.717) is 45.3 Å². The van der Waals surface area contributed by atoms with Crippen molar-refractivity contribution in [1.29, 1.82) is 0 Å². The third-order valence-corrected chi connectivity index (χ3v) is 9.01. The first-order valence-corrected chi connectivity index (χ1v) is 11.8. The van der Waals surface area contributed by atoms with E-state index in [1.165, 1.54) is 0 Å². The van der Waals surface area contributed by atoms with Gasteiger partial charge in [-0.05, 0) is 39.0 Å². The molecule has 3 saturated heterocycles. The maximum atomic E-state index is 13.8. The smallest absolute Gasteiger partial charge is 0.308 e. The molecule has 3 aliphatic rings. The number of hydrogen-bond acceptors (Lipinski definition) is 5. The topological polar surface area (TPSA) is 98.2 Å². The molecule has 2 unspecified atom stereocenters. The molecule has 3 fully saturated rings. The summed E-state index contributed by atoms with van der Waals surface area (Å²) in [5.74, 6) is -2.68. The van der Waals surface area contributed by atoms with E-state index < -0.39 is 33.3 Å². The third-order valence-electron chi connectivity index (χ3n) is 7.03. The van der Waals surface area contributed by atoms with Crippen molar-refractivity contribution >= 4 is 29.5 Å². The molecule has 0 aromatic heterocycles. The lowest BCUT2D eigenvalue weighted by atomic mass is 9.66. The second-order valence-electron chi connectivity index (χ2n) is 8.95. The summed E-state index contributed by atoms with van der Waals surface area (Å²) >= 11 is 1.56. The van der Waals surface area contributed by atoms with Crippen molar-refractivity contribution in [2.45, 2.75) is 67.9 Å². The summed E-state index contributed by atoms with van der Waals surface area (Å²) in [4.78, 5) is 42.9. The molecule has 3 aliphatic heterocycles.